The quantitative estimate of drug-likeness (QED) is 0.0357. The van der Waals surface area contributed by atoms with E-state index in [1.54, 1.807) is 42.4 Å². The Balaban J connectivity index is 0.000000158. The number of rotatable bonds is 16. The van der Waals surface area contributed by atoms with Crippen molar-refractivity contribution < 1.29 is 8.95 Å². The lowest BCUT2D eigenvalue weighted by atomic mass is 9.97. The standard InChI is InChI=1S/C19H22N2OS.2C19H22N2S.C12H16N2OS.C11H15Br.C10H14.C9H9NS/c1-5-15-8-7-13(3)16(14(15)4)11-23(22)19-20-17-9-6-12(2)10-18(17)21-19;2*1-5-15-8-7-13(3)16(14(15)4)11-22-19-20-17-9-6-12(2)10-18(17)21-19;1-12(2,3)16-11-13-9-6-5-8(15-4)7-10(9)14-11;1-4-11-9(3)8(2)5-6-10(11)7-12;1-7-5-6-8(2)10(4)9(7)3;1-6-2-3-8-7(4-6)5-9(11)10-8/h6-10H,5,11H2,1-4H3,(H,20,21);2*6-10H,5,11H2,1-4H3,(H,20,21);5-7H,1-4H3,(H,13,14);5-6H,4,7H2,1-3H3;5-6H,1-4H3;2-4H,5H2,1H3,(H,10,11). The number of aromatic nitrogens is 8. The lowest BCUT2D eigenvalue weighted by molar-refractivity contribution is 0.415. The van der Waals surface area contributed by atoms with Crippen LogP contribution < -0.4 is 10.1 Å². The molecule has 610 valence electrons. The van der Waals surface area contributed by atoms with Gasteiger partial charge >= 0.3 is 0 Å². The van der Waals surface area contributed by atoms with Gasteiger partial charge in [0.25, 0.3) is 0 Å². The third kappa shape index (κ3) is 24.6. The van der Waals surface area contributed by atoms with Gasteiger partial charge in [0.05, 0.1) is 72.8 Å². The van der Waals surface area contributed by atoms with E-state index in [1.165, 1.54) is 145 Å². The minimum absolute atomic E-state index is 0.165. The number of nitrogens with one attached hydrogen (secondary N) is 5. The molecule has 1 unspecified atom stereocenters. The van der Waals surface area contributed by atoms with Crippen LogP contribution in [0.5, 0.6) is 5.75 Å². The molecule has 11 nitrogen and oxygen atoms in total. The fourth-order valence-corrected chi connectivity index (χ4v) is 19.2. The van der Waals surface area contributed by atoms with Crippen LogP contribution in [0.1, 0.15) is 188 Å². The number of imidazole rings is 4. The summed E-state index contributed by atoms with van der Waals surface area (Å²) in [4.78, 5) is 32.7. The molecule has 15 rings (SSSR count). The number of alkyl halides is 1. The van der Waals surface area contributed by atoms with Crippen molar-refractivity contribution in [2.75, 3.05) is 12.4 Å². The Morgan fingerprint density at radius 3 is 1.28 bits per heavy atom. The molecule has 1 atom stereocenters. The van der Waals surface area contributed by atoms with E-state index in [9.17, 15) is 4.21 Å². The Hall–Kier alpha value is -8.55. The molecule has 0 saturated carbocycles. The number of anilines is 1. The van der Waals surface area contributed by atoms with E-state index in [0.717, 1.165) is 119 Å². The summed E-state index contributed by atoms with van der Waals surface area (Å²) in [7, 11) is 0.498. The van der Waals surface area contributed by atoms with Gasteiger partial charge in [0.2, 0.25) is 0 Å². The maximum atomic E-state index is 12.8. The van der Waals surface area contributed by atoms with E-state index in [0.29, 0.717) is 10.9 Å². The summed E-state index contributed by atoms with van der Waals surface area (Å²) < 4.78 is 18.1. The molecule has 5 heterocycles. The van der Waals surface area contributed by atoms with E-state index in [2.05, 4.69) is 329 Å². The van der Waals surface area contributed by atoms with Crippen molar-refractivity contribution in [3.63, 3.8) is 0 Å². The molecule has 0 radical (unpaired) electrons. The Morgan fingerprint density at radius 1 is 0.422 bits per heavy atom. The van der Waals surface area contributed by atoms with Gasteiger partial charge in [0.15, 0.2) is 20.6 Å². The summed E-state index contributed by atoms with van der Waals surface area (Å²) in [5, 5.41) is 7.64. The van der Waals surface area contributed by atoms with Crippen LogP contribution in [0.15, 0.2) is 172 Å². The summed E-state index contributed by atoms with van der Waals surface area (Å²) in [6.45, 7) is 49.8. The molecule has 1 aliphatic heterocycles. The largest absolute Gasteiger partial charge is 0.497 e. The molecule has 0 bridgehead atoms. The third-order valence-corrected chi connectivity index (χ3v) is 26.6. The van der Waals surface area contributed by atoms with E-state index >= 15 is 0 Å². The van der Waals surface area contributed by atoms with Crippen molar-refractivity contribution in [1.29, 1.82) is 0 Å². The smallest absolute Gasteiger partial charge is 0.197 e. The fraction of sp³-hybridized carbons (Fsp3) is 0.343. The van der Waals surface area contributed by atoms with Crippen LogP contribution in [0, 0.1) is 111 Å². The molecule has 14 aromatic rings. The van der Waals surface area contributed by atoms with Crippen molar-refractivity contribution in [1.82, 2.24) is 39.9 Å². The van der Waals surface area contributed by atoms with Crippen LogP contribution >= 0.6 is 63.4 Å². The number of nitrogens with zero attached hydrogens (tertiary/aromatic N) is 4. The number of aryl methyl sites for hydroxylation is 13. The Bertz CT molecular complexity index is 5610. The first kappa shape index (κ1) is 91.4. The van der Waals surface area contributed by atoms with Gasteiger partial charge in [-0.1, -0.05) is 208 Å². The number of fused-ring (bicyclic) bond motifs is 5. The van der Waals surface area contributed by atoms with Gasteiger partial charge in [-0.05, 0) is 325 Å². The number of ether oxygens (including phenoxy) is 1. The molecular formula is C99H120BrN9O2S5. The second-order valence-electron chi connectivity index (χ2n) is 31.4. The highest BCUT2D eigenvalue weighted by Crippen LogP contribution is 2.35. The van der Waals surface area contributed by atoms with Crippen LogP contribution in [0.3, 0.4) is 0 Å². The third-order valence-electron chi connectivity index (χ3n) is 21.8. The molecular weight excluding hydrogens is 1590 g/mol. The topological polar surface area (TPSA) is 153 Å². The average Bonchev–Trinajstić information content (AvgIpc) is 1.59. The van der Waals surface area contributed by atoms with Gasteiger partial charge in [-0.3, -0.25) is 4.21 Å². The second kappa shape index (κ2) is 42.2. The summed E-state index contributed by atoms with van der Waals surface area (Å²) in [6.07, 6.45) is 5.22. The Labute approximate surface area is 720 Å². The first-order chi connectivity index (χ1) is 55.2. The van der Waals surface area contributed by atoms with Crippen molar-refractivity contribution in [3.05, 3.63) is 291 Å². The van der Waals surface area contributed by atoms with Crippen LogP contribution in [-0.4, -0.2) is 60.9 Å². The molecule has 0 spiro atoms. The molecule has 0 saturated heterocycles. The number of hydrogen-bond acceptors (Lipinski definition) is 10. The molecule has 116 heavy (non-hydrogen) atoms. The monoisotopic (exact) mass is 1710 g/mol. The lowest BCUT2D eigenvalue weighted by Gasteiger charge is -2.14. The molecule has 0 fully saturated rings. The first-order valence-electron chi connectivity index (χ1n) is 40.3. The van der Waals surface area contributed by atoms with Crippen LogP contribution in [0.25, 0.3) is 44.1 Å². The maximum Gasteiger partial charge on any atom is 0.197 e. The van der Waals surface area contributed by atoms with Crippen LogP contribution in [-0.2, 0) is 65.5 Å². The molecule has 5 N–H and O–H groups in total. The highest BCUT2D eigenvalue weighted by Gasteiger charge is 2.19. The molecule has 4 aromatic heterocycles. The molecule has 0 amide bonds. The van der Waals surface area contributed by atoms with Gasteiger partial charge in [0.1, 0.15) is 5.75 Å². The summed E-state index contributed by atoms with van der Waals surface area (Å²) in [5.74, 6) is 3.28. The summed E-state index contributed by atoms with van der Waals surface area (Å²) in [6, 6.07) is 53.0. The van der Waals surface area contributed by atoms with Crippen LogP contribution in [0.2, 0.25) is 0 Å². The SMILES string of the molecule is CCc1c(CBr)ccc(C)c1C.CCc1ccc(C)c(CS(=O)c2nc3ccc(C)cc3[nH]2)c1C.CCc1ccc(C)c(CSc2nc3ccc(C)cc3[nH]2)c1C.CCc1ccc(C)c(CSc2nc3ccc(C)cc3[nH]2)c1C.COc1ccc2nc(SC(C)(C)C)[nH]c2c1.Cc1ccc(C)c(C)c1C.Cc1ccc2c(c1)CC(=S)N2. The number of hydrogen-bond donors (Lipinski definition) is 5. The average molecular weight is 1710 g/mol. The highest BCUT2D eigenvalue weighted by atomic mass is 79.9. The second-order valence-corrected chi connectivity index (χ2v) is 37.5. The zero-order valence-electron chi connectivity index (χ0n) is 72.8. The minimum Gasteiger partial charge on any atom is -0.497 e. The number of benzene rings is 10. The molecule has 17 heteroatoms. The predicted molar refractivity (Wildman–Crippen MR) is 510 cm³/mol. The molecule has 1 aliphatic rings. The fourth-order valence-electron chi connectivity index (χ4n) is 14.1. The van der Waals surface area contributed by atoms with Gasteiger partial charge in [-0.15, -0.1) is 0 Å². The van der Waals surface area contributed by atoms with Gasteiger partial charge in [-0.25, -0.2) is 19.9 Å². The number of aromatic amines is 4. The number of H-pyrrole nitrogens is 4. The van der Waals surface area contributed by atoms with Crippen molar-refractivity contribution >= 4 is 129 Å². The number of methoxy groups -OCH3 is 1. The van der Waals surface area contributed by atoms with Crippen LogP contribution in [0.4, 0.5) is 5.69 Å². The number of thioether (sulfide) groups is 3. The van der Waals surface area contributed by atoms with E-state index < -0.39 is 10.8 Å². The van der Waals surface area contributed by atoms with Gasteiger partial charge < -0.3 is 30.0 Å². The predicted octanol–water partition coefficient (Wildman–Crippen LogP) is 27.5. The van der Waals surface area contributed by atoms with E-state index in [-0.39, 0.29) is 4.75 Å². The van der Waals surface area contributed by atoms with E-state index in [1.807, 2.05) is 43.3 Å². The Morgan fingerprint density at radius 2 is 0.810 bits per heavy atom. The summed E-state index contributed by atoms with van der Waals surface area (Å²) >= 11 is 13.9. The zero-order valence-corrected chi connectivity index (χ0v) is 78.5. The zero-order chi connectivity index (χ0) is 84.4. The normalized spacial score (nSPS) is 11.8. The lowest BCUT2D eigenvalue weighted by Crippen LogP contribution is -2.06. The van der Waals surface area contributed by atoms with Crippen molar-refractivity contribution in [3.8, 4) is 5.75 Å². The molecule has 10 aromatic carbocycles. The van der Waals surface area contributed by atoms with Gasteiger partial charge in [-0.2, -0.15) is 0 Å². The maximum absolute atomic E-state index is 12.8. The first-order valence-corrected chi connectivity index (χ1v) is 45.9. The highest BCUT2D eigenvalue weighted by molar-refractivity contribution is 9.08. The van der Waals surface area contributed by atoms with Gasteiger partial charge in [0, 0.05) is 39.8 Å². The molecule has 0 aliphatic carbocycles. The minimum atomic E-state index is -1.17. The van der Waals surface area contributed by atoms with Crippen molar-refractivity contribution in [2.45, 2.75) is 239 Å². The number of halogens is 1. The van der Waals surface area contributed by atoms with Crippen molar-refractivity contribution in [2.24, 2.45) is 0 Å². The van der Waals surface area contributed by atoms with E-state index in [4.69, 9.17) is 17.0 Å². The Kier molecular flexibility index (Phi) is 33.2. The summed E-state index contributed by atoms with van der Waals surface area (Å²) in [5.41, 5.74) is 43.4. The number of thiocarbonyl (C=S) groups is 1.